The summed E-state index contributed by atoms with van der Waals surface area (Å²) in [6, 6.07) is 15.7. The third-order valence-electron chi connectivity index (χ3n) is 7.29. The Labute approximate surface area is 252 Å². The minimum Gasteiger partial charge on any atom is -0.444 e. The summed E-state index contributed by atoms with van der Waals surface area (Å²) in [5.74, 6) is 0.761. The second-order valence-corrected chi connectivity index (χ2v) is 11.8. The van der Waals surface area contributed by atoms with Crippen LogP contribution >= 0.6 is 0 Å². The number of nitrogens with zero attached hydrogens (tertiary/aromatic N) is 5. The number of hydrogen-bond acceptors (Lipinski definition) is 9. The summed E-state index contributed by atoms with van der Waals surface area (Å²) in [4.78, 5) is 40.8. The lowest BCUT2D eigenvalue weighted by Crippen LogP contribution is -2.44. The smallest absolute Gasteiger partial charge is 0.410 e. The van der Waals surface area contributed by atoms with Crippen LogP contribution in [-0.4, -0.2) is 77.1 Å². The highest BCUT2D eigenvalue weighted by Gasteiger charge is 2.29. The zero-order valence-corrected chi connectivity index (χ0v) is 25.3. The van der Waals surface area contributed by atoms with Crippen molar-refractivity contribution in [1.82, 2.24) is 19.8 Å². The largest absolute Gasteiger partial charge is 0.444 e. The van der Waals surface area contributed by atoms with Gasteiger partial charge >= 0.3 is 6.09 Å². The summed E-state index contributed by atoms with van der Waals surface area (Å²) in [5.41, 5.74) is 4.50. The molecule has 5 rings (SSSR count). The van der Waals surface area contributed by atoms with Crippen LogP contribution in [0.2, 0.25) is 0 Å². The van der Waals surface area contributed by atoms with E-state index in [4.69, 9.17) is 14.7 Å². The van der Waals surface area contributed by atoms with E-state index in [1.165, 1.54) is 11.8 Å². The summed E-state index contributed by atoms with van der Waals surface area (Å²) in [6.45, 7) is 14.0. The van der Waals surface area contributed by atoms with E-state index in [9.17, 15) is 9.59 Å². The van der Waals surface area contributed by atoms with Crippen LogP contribution in [0.25, 0.3) is 0 Å². The Kier molecular flexibility index (Phi) is 8.81. The van der Waals surface area contributed by atoms with E-state index in [2.05, 4.69) is 51.5 Å². The minimum atomic E-state index is -0.592. The summed E-state index contributed by atoms with van der Waals surface area (Å²) in [5, 5.41) is 9.55. The highest BCUT2D eigenvalue weighted by Crippen LogP contribution is 2.30. The third-order valence-corrected chi connectivity index (χ3v) is 7.29. The number of amides is 2. The van der Waals surface area contributed by atoms with E-state index < -0.39 is 5.60 Å². The Balaban J connectivity index is 1.40. The van der Waals surface area contributed by atoms with Crippen LogP contribution in [0.3, 0.4) is 0 Å². The van der Waals surface area contributed by atoms with E-state index in [0.29, 0.717) is 37.0 Å². The molecule has 0 saturated carbocycles. The number of nitrogens with one attached hydrogen (secondary N) is 3. The summed E-state index contributed by atoms with van der Waals surface area (Å²) < 4.78 is 5.63. The molecule has 2 aromatic carbocycles. The van der Waals surface area contributed by atoms with Gasteiger partial charge in [-0.15, -0.1) is 0 Å². The van der Waals surface area contributed by atoms with Gasteiger partial charge in [-0.1, -0.05) is 12.6 Å². The van der Waals surface area contributed by atoms with Crippen molar-refractivity contribution in [3.8, 4) is 0 Å². The Morgan fingerprint density at radius 2 is 1.65 bits per heavy atom. The maximum atomic E-state index is 12.9. The number of aromatic nitrogens is 2. The molecule has 0 spiro atoms. The van der Waals surface area contributed by atoms with Gasteiger partial charge < -0.3 is 35.4 Å². The van der Waals surface area contributed by atoms with Crippen molar-refractivity contribution in [2.24, 2.45) is 0 Å². The van der Waals surface area contributed by atoms with Gasteiger partial charge in [0, 0.05) is 61.0 Å². The number of benzene rings is 2. The van der Waals surface area contributed by atoms with Crippen molar-refractivity contribution in [3.63, 3.8) is 0 Å². The fourth-order valence-corrected chi connectivity index (χ4v) is 5.03. The molecule has 11 nitrogen and oxygen atoms in total. The topological polar surface area (TPSA) is 115 Å². The maximum absolute atomic E-state index is 12.9. The first-order chi connectivity index (χ1) is 20.6. The van der Waals surface area contributed by atoms with E-state index in [1.807, 2.05) is 51.1 Å². The average molecular weight is 585 g/mol. The molecule has 1 aromatic heterocycles. The van der Waals surface area contributed by atoms with Crippen molar-refractivity contribution in [2.45, 2.75) is 39.3 Å². The quantitative estimate of drug-likeness (QED) is 0.325. The van der Waals surface area contributed by atoms with Crippen molar-refractivity contribution >= 4 is 46.5 Å². The number of hydrogen-bond donors (Lipinski definition) is 3. The van der Waals surface area contributed by atoms with Crippen molar-refractivity contribution in [1.29, 1.82) is 0 Å². The second-order valence-electron chi connectivity index (χ2n) is 11.8. The number of carbonyl (C=O) groups excluding carboxylic acids is 2. The van der Waals surface area contributed by atoms with Gasteiger partial charge in [0.05, 0.1) is 12.2 Å². The number of anilines is 6. The number of carbonyl (C=O) groups is 2. The molecule has 0 bridgehead atoms. The normalized spacial score (nSPS) is 15.3. The van der Waals surface area contributed by atoms with Crippen LogP contribution in [0.1, 0.15) is 32.0 Å². The molecule has 226 valence electrons. The number of piperazine rings is 1. The Morgan fingerprint density at radius 1 is 0.930 bits per heavy atom. The summed E-state index contributed by atoms with van der Waals surface area (Å²) >= 11 is 0. The fraction of sp³-hybridized carbons (Fsp3) is 0.375. The van der Waals surface area contributed by atoms with Gasteiger partial charge in [-0.25, -0.2) is 9.78 Å². The van der Waals surface area contributed by atoms with Crippen molar-refractivity contribution in [3.05, 3.63) is 72.4 Å². The minimum absolute atomic E-state index is 0.288. The molecule has 0 aliphatic carbocycles. The molecule has 3 heterocycles. The third kappa shape index (κ3) is 7.81. The molecule has 2 aliphatic heterocycles. The SMILES string of the molecule is C=CC(=O)Nc1cccc(Nc2nc(Nc3ccc(N4CCN(C)CC4)cc3)nc3c2CCN(C(=O)OC(C)(C)C)C3)c1. The van der Waals surface area contributed by atoms with Crippen LogP contribution in [0.4, 0.5) is 39.3 Å². The first-order valence-electron chi connectivity index (χ1n) is 14.5. The molecular formula is C32H40N8O3. The van der Waals surface area contributed by atoms with Crippen LogP contribution in [-0.2, 0) is 22.5 Å². The van der Waals surface area contributed by atoms with E-state index in [1.54, 1.807) is 11.0 Å². The Morgan fingerprint density at radius 3 is 2.35 bits per heavy atom. The molecule has 0 radical (unpaired) electrons. The lowest BCUT2D eigenvalue weighted by Gasteiger charge is -2.34. The first-order valence-corrected chi connectivity index (χ1v) is 14.5. The number of fused-ring (bicyclic) bond motifs is 1. The maximum Gasteiger partial charge on any atom is 0.410 e. The zero-order valence-electron chi connectivity index (χ0n) is 25.3. The first kappa shape index (κ1) is 29.8. The van der Waals surface area contributed by atoms with Crippen molar-refractivity contribution < 1.29 is 14.3 Å². The van der Waals surface area contributed by atoms with E-state index in [0.717, 1.165) is 48.8 Å². The monoisotopic (exact) mass is 584 g/mol. The Bertz CT molecular complexity index is 1480. The molecule has 0 atom stereocenters. The standard InChI is InChI=1S/C32H40N8O3/c1-6-28(41)33-23-8-7-9-24(20-23)34-29-26-14-15-40(31(42)43-32(2,3)4)21-27(26)36-30(37-29)35-22-10-12-25(13-11-22)39-18-16-38(5)17-19-39/h6-13,20H,1,14-19,21H2,2-5H3,(H,33,41)(H2,34,35,36,37). The molecule has 3 N–H and O–H groups in total. The van der Waals surface area contributed by atoms with Gasteiger partial charge in [-0.05, 0) is 82.8 Å². The summed E-state index contributed by atoms with van der Waals surface area (Å²) in [6.07, 6.45) is 1.42. The van der Waals surface area contributed by atoms with Crippen LogP contribution in [0.15, 0.2) is 61.2 Å². The van der Waals surface area contributed by atoms with Crippen LogP contribution in [0, 0.1) is 0 Å². The van der Waals surface area contributed by atoms with Crippen LogP contribution in [0.5, 0.6) is 0 Å². The molecule has 3 aromatic rings. The molecule has 1 saturated heterocycles. The molecule has 2 amide bonds. The van der Waals surface area contributed by atoms with E-state index in [-0.39, 0.29) is 12.0 Å². The predicted octanol–water partition coefficient (Wildman–Crippen LogP) is 5.13. The number of rotatable bonds is 7. The number of ether oxygens (including phenoxy) is 1. The molecule has 2 aliphatic rings. The van der Waals surface area contributed by atoms with Crippen LogP contribution < -0.4 is 20.9 Å². The zero-order chi connectivity index (χ0) is 30.6. The lowest BCUT2D eigenvalue weighted by atomic mass is 10.1. The van der Waals surface area contributed by atoms with E-state index >= 15 is 0 Å². The number of likely N-dealkylation sites (N-methyl/N-ethyl adjacent to an activating group) is 1. The molecule has 0 unspecified atom stereocenters. The van der Waals surface area contributed by atoms with Crippen molar-refractivity contribution in [2.75, 3.05) is 60.6 Å². The fourth-order valence-electron chi connectivity index (χ4n) is 5.03. The molecule has 43 heavy (non-hydrogen) atoms. The summed E-state index contributed by atoms with van der Waals surface area (Å²) in [7, 11) is 2.15. The lowest BCUT2D eigenvalue weighted by molar-refractivity contribution is -0.111. The highest BCUT2D eigenvalue weighted by molar-refractivity contribution is 5.99. The highest BCUT2D eigenvalue weighted by atomic mass is 16.6. The Hall–Kier alpha value is -4.64. The predicted molar refractivity (Wildman–Crippen MR) is 170 cm³/mol. The average Bonchev–Trinajstić information content (AvgIpc) is 2.97. The van der Waals surface area contributed by atoms with Gasteiger partial charge in [-0.2, -0.15) is 4.98 Å². The molecule has 11 heteroatoms. The van der Waals surface area contributed by atoms with Gasteiger partial charge in [0.25, 0.3) is 0 Å². The van der Waals surface area contributed by atoms with Gasteiger partial charge in [0.2, 0.25) is 11.9 Å². The van der Waals surface area contributed by atoms with Gasteiger partial charge in [0.15, 0.2) is 0 Å². The second kappa shape index (κ2) is 12.7. The molecule has 1 fully saturated rings. The molecular weight excluding hydrogens is 544 g/mol. The van der Waals surface area contributed by atoms with Gasteiger partial charge in [-0.3, -0.25) is 4.79 Å². The van der Waals surface area contributed by atoms with Gasteiger partial charge in [0.1, 0.15) is 11.4 Å².